The van der Waals surface area contributed by atoms with Crippen molar-refractivity contribution in [1.29, 1.82) is 0 Å². The minimum atomic E-state index is -1.12. The molecule has 0 aliphatic rings. The Hall–Kier alpha value is -1.58. The standard InChI is InChI=1S/C10H11FO3/c1-2-7-3-4-9(8(11)5-7)14-6-10(12)13/h3-5H,2,6H2,1H3,(H,12,13). The summed E-state index contributed by atoms with van der Waals surface area (Å²) >= 11 is 0. The van der Waals surface area contributed by atoms with E-state index in [1.165, 1.54) is 12.1 Å². The number of hydrogen-bond acceptors (Lipinski definition) is 2. The molecule has 0 aliphatic heterocycles. The summed E-state index contributed by atoms with van der Waals surface area (Å²) in [6, 6.07) is 4.49. The molecule has 0 heterocycles. The molecule has 76 valence electrons. The van der Waals surface area contributed by atoms with Crippen molar-refractivity contribution in [3.05, 3.63) is 29.6 Å². The fraction of sp³-hybridized carbons (Fsp3) is 0.300. The van der Waals surface area contributed by atoms with Gasteiger partial charge in [-0.15, -0.1) is 0 Å². The molecular formula is C10H11FO3. The second-order valence-electron chi connectivity index (χ2n) is 2.80. The van der Waals surface area contributed by atoms with Gasteiger partial charge in [0.2, 0.25) is 0 Å². The maximum atomic E-state index is 13.2. The lowest BCUT2D eigenvalue weighted by molar-refractivity contribution is -0.139. The third-order valence-corrected chi connectivity index (χ3v) is 1.76. The Morgan fingerprint density at radius 3 is 2.79 bits per heavy atom. The Bertz CT molecular complexity index is 336. The number of benzene rings is 1. The van der Waals surface area contributed by atoms with Gasteiger partial charge in [-0.25, -0.2) is 9.18 Å². The molecule has 0 atom stereocenters. The third-order valence-electron chi connectivity index (χ3n) is 1.76. The molecule has 0 radical (unpaired) electrons. The van der Waals surface area contributed by atoms with E-state index in [2.05, 4.69) is 0 Å². The van der Waals surface area contributed by atoms with Gasteiger partial charge in [-0.3, -0.25) is 0 Å². The van der Waals surface area contributed by atoms with Crippen molar-refractivity contribution >= 4 is 5.97 Å². The molecule has 3 nitrogen and oxygen atoms in total. The van der Waals surface area contributed by atoms with Gasteiger partial charge in [0.15, 0.2) is 18.2 Å². The summed E-state index contributed by atoms with van der Waals surface area (Å²) in [7, 11) is 0. The van der Waals surface area contributed by atoms with Crippen molar-refractivity contribution in [2.24, 2.45) is 0 Å². The maximum Gasteiger partial charge on any atom is 0.341 e. The second kappa shape index (κ2) is 4.60. The SMILES string of the molecule is CCc1ccc(OCC(=O)O)c(F)c1. The van der Waals surface area contributed by atoms with Crippen LogP contribution in [0, 0.1) is 5.82 Å². The van der Waals surface area contributed by atoms with E-state index in [-0.39, 0.29) is 5.75 Å². The first kappa shape index (κ1) is 10.5. The molecular weight excluding hydrogens is 187 g/mol. The summed E-state index contributed by atoms with van der Waals surface area (Å²) in [5.74, 6) is -1.67. The van der Waals surface area contributed by atoms with Crippen molar-refractivity contribution in [2.45, 2.75) is 13.3 Å². The van der Waals surface area contributed by atoms with Crippen LogP contribution < -0.4 is 4.74 Å². The van der Waals surface area contributed by atoms with Crippen LogP contribution in [0.2, 0.25) is 0 Å². The van der Waals surface area contributed by atoms with Gasteiger partial charge >= 0.3 is 5.97 Å². The van der Waals surface area contributed by atoms with Crippen molar-refractivity contribution < 1.29 is 19.0 Å². The Labute approximate surface area is 81.1 Å². The summed E-state index contributed by atoms with van der Waals surface area (Å²) in [5.41, 5.74) is 0.852. The second-order valence-corrected chi connectivity index (χ2v) is 2.80. The first-order valence-corrected chi connectivity index (χ1v) is 4.26. The molecule has 0 spiro atoms. The third kappa shape index (κ3) is 2.73. The van der Waals surface area contributed by atoms with E-state index >= 15 is 0 Å². The number of carboxylic acids is 1. The van der Waals surface area contributed by atoms with Gasteiger partial charge < -0.3 is 9.84 Å². The highest BCUT2D eigenvalue weighted by Crippen LogP contribution is 2.18. The topological polar surface area (TPSA) is 46.5 Å². The summed E-state index contributed by atoms with van der Waals surface area (Å²) in [6.45, 7) is 1.38. The number of rotatable bonds is 4. The molecule has 0 bridgehead atoms. The van der Waals surface area contributed by atoms with Crippen LogP contribution in [0.4, 0.5) is 4.39 Å². The van der Waals surface area contributed by atoms with E-state index in [9.17, 15) is 9.18 Å². The van der Waals surface area contributed by atoms with Gasteiger partial charge in [0.05, 0.1) is 0 Å². The Morgan fingerprint density at radius 2 is 2.29 bits per heavy atom. The molecule has 0 saturated heterocycles. The van der Waals surface area contributed by atoms with Crippen LogP contribution in [0.3, 0.4) is 0 Å². The largest absolute Gasteiger partial charge is 0.479 e. The molecule has 1 aromatic rings. The van der Waals surface area contributed by atoms with Gasteiger partial charge in [0.25, 0.3) is 0 Å². The molecule has 4 heteroatoms. The molecule has 0 fully saturated rings. The monoisotopic (exact) mass is 198 g/mol. The molecule has 0 saturated carbocycles. The van der Waals surface area contributed by atoms with Crippen LogP contribution in [-0.2, 0) is 11.2 Å². The lowest BCUT2D eigenvalue weighted by atomic mass is 10.1. The quantitative estimate of drug-likeness (QED) is 0.803. The highest BCUT2D eigenvalue weighted by Gasteiger charge is 2.05. The predicted octanol–water partition coefficient (Wildman–Crippen LogP) is 1.85. The highest BCUT2D eigenvalue weighted by atomic mass is 19.1. The lowest BCUT2D eigenvalue weighted by Crippen LogP contribution is -2.10. The average molecular weight is 198 g/mol. The minimum absolute atomic E-state index is 0.0235. The van der Waals surface area contributed by atoms with Crippen LogP contribution in [0.5, 0.6) is 5.75 Å². The van der Waals surface area contributed by atoms with Crippen molar-refractivity contribution in [3.8, 4) is 5.75 Å². The average Bonchev–Trinajstić information content (AvgIpc) is 2.15. The van der Waals surface area contributed by atoms with E-state index < -0.39 is 18.4 Å². The number of carbonyl (C=O) groups is 1. The minimum Gasteiger partial charge on any atom is -0.479 e. The smallest absolute Gasteiger partial charge is 0.341 e. The van der Waals surface area contributed by atoms with E-state index in [4.69, 9.17) is 9.84 Å². The van der Waals surface area contributed by atoms with Crippen LogP contribution in [0.15, 0.2) is 18.2 Å². The van der Waals surface area contributed by atoms with E-state index in [0.717, 1.165) is 12.0 Å². The lowest BCUT2D eigenvalue weighted by Gasteiger charge is -2.05. The van der Waals surface area contributed by atoms with Gasteiger partial charge in [0, 0.05) is 0 Å². The molecule has 0 aliphatic carbocycles. The summed E-state index contributed by atoms with van der Waals surface area (Å²) in [6.07, 6.45) is 0.732. The maximum absolute atomic E-state index is 13.2. The molecule has 1 rings (SSSR count). The normalized spacial score (nSPS) is 9.86. The van der Waals surface area contributed by atoms with E-state index in [0.29, 0.717) is 0 Å². The summed E-state index contributed by atoms with van der Waals surface area (Å²) < 4.78 is 17.9. The van der Waals surface area contributed by atoms with E-state index in [1.54, 1.807) is 6.07 Å². The number of hydrogen-bond donors (Lipinski definition) is 1. The Balaban J connectivity index is 2.73. The van der Waals surface area contributed by atoms with Crippen LogP contribution in [0.25, 0.3) is 0 Å². The number of ether oxygens (including phenoxy) is 1. The van der Waals surface area contributed by atoms with Crippen LogP contribution >= 0.6 is 0 Å². The van der Waals surface area contributed by atoms with Gasteiger partial charge in [-0.2, -0.15) is 0 Å². The number of aliphatic carboxylic acids is 1. The van der Waals surface area contributed by atoms with Crippen molar-refractivity contribution in [2.75, 3.05) is 6.61 Å². The number of carboxylic acid groups (broad SMARTS) is 1. The summed E-state index contributed by atoms with van der Waals surface area (Å²) in [5, 5.41) is 8.32. The number of halogens is 1. The van der Waals surface area contributed by atoms with Crippen LogP contribution in [0.1, 0.15) is 12.5 Å². The fourth-order valence-electron chi connectivity index (χ4n) is 1.02. The zero-order valence-electron chi connectivity index (χ0n) is 7.79. The molecule has 0 unspecified atom stereocenters. The summed E-state index contributed by atoms with van der Waals surface area (Å²) in [4.78, 5) is 10.2. The molecule has 1 aromatic carbocycles. The zero-order chi connectivity index (χ0) is 10.6. The fourth-order valence-corrected chi connectivity index (χ4v) is 1.02. The van der Waals surface area contributed by atoms with Gasteiger partial charge in [0.1, 0.15) is 0 Å². The predicted molar refractivity (Wildman–Crippen MR) is 48.9 cm³/mol. The zero-order valence-corrected chi connectivity index (χ0v) is 7.79. The van der Waals surface area contributed by atoms with Crippen molar-refractivity contribution in [1.82, 2.24) is 0 Å². The molecule has 0 aromatic heterocycles. The van der Waals surface area contributed by atoms with Gasteiger partial charge in [-0.05, 0) is 24.1 Å². The highest BCUT2D eigenvalue weighted by molar-refractivity contribution is 5.68. The molecule has 1 N–H and O–H groups in total. The Morgan fingerprint density at radius 1 is 1.57 bits per heavy atom. The molecule has 14 heavy (non-hydrogen) atoms. The van der Waals surface area contributed by atoms with E-state index in [1.807, 2.05) is 6.92 Å². The number of aryl methyl sites for hydroxylation is 1. The van der Waals surface area contributed by atoms with Crippen molar-refractivity contribution in [3.63, 3.8) is 0 Å². The van der Waals surface area contributed by atoms with Crippen LogP contribution in [-0.4, -0.2) is 17.7 Å². The van der Waals surface area contributed by atoms with Gasteiger partial charge in [-0.1, -0.05) is 13.0 Å². The molecule has 0 amide bonds. The first-order chi connectivity index (χ1) is 6.63. The Kier molecular flexibility index (Phi) is 3.45. The first-order valence-electron chi connectivity index (χ1n) is 4.26.